The van der Waals surface area contributed by atoms with Crippen molar-refractivity contribution in [3.05, 3.63) is 0 Å². The number of nitrogens with zero attached hydrogens (tertiary/aromatic N) is 1. The zero-order valence-electron chi connectivity index (χ0n) is 11.9. The molecule has 1 fully saturated rings. The topological polar surface area (TPSA) is 29.5 Å². The van der Waals surface area contributed by atoms with Gasteiger partial charge in [0, 0.05) is 31.5 Å². The quantitative estimate of drug-likeness (QED) is 0.740. The molecule has 17 heavy (non-hydrogen) atoms. The van der Waals surface area contributed by atoms with E-state index < -0.39 is 0 Å². The van der Waals surface area contributed by atoms with Gasteiger partial charge in [-0.3, -0.25) is 4.79 Å². The highest BCUT2D eigenvalue weighted by atomic mass is 16.5. The van der Waals surface area contributed by atoms with Gasteiger partial charge in [-0.05, 0) is 19.3 Å². The van der Waals surface area contributed by atoms with E-state index in [2.05, 4.69) is 32.6 Å². The molecule has 0 aromatic carbocycles. The van der Waals surface area contributed by atoms with Gasteiger partial charge in [-0.25, -0.2) is 0 Å². The Morgan fingerprint density at radius 3 is 2.65 bits per heavy atom. The Hall–Kier alpha value is -0.570. The zero-order chi connectivity index (χ0) is 13.0. The molecule has 0 saturated carbocycles. The number of rotatable bonds is 5. The van der Waals surface area contributed by atoms with E-state index in [9.17, 15) is 4.79 Å². The first kappa shape index (κ1) is 14.5. The minimum atomic E-state index is 0.142. The van der Waals surface area contributed by atoms with Crippen LogP contribution in [0.15, 0.2) is 0 Å². The number of carbonyl (C=O) groups excluding carboxylic acids is 1. The number of hydrogen-bond donors (Lipinski definition) is 0. The van der Waals surface area contributed by atoms with Crippen molar-refractivity contribution in [1.29, 1.82) is 0 Å². The van der Waals surface area contributed by atoms with Crippen LogP contribution in [0.3, 0.4) is 0 Å². The van der Waals surface area contributed by atoms with Crippen molar-refractivity contribution in [2.24, 2.45) is 17.8 Å². The summed E-state index contributed by atoms with van der Waals surface area (Å²) < 4.78 is 5.19. The standard InChI is InChI=1S/C14H27NO2/c1-6-10(2)12(4)14(16)15-8-13(9-17-5)7-11(15)3/h10-13H,6-9H2,1-5H3/t10-,11-,12?,13?/m1/s1. The van der Waals surface area contributed by atoms with Crippen molar-refractivity contribution >= 4 is 5.91 Å². The first-order chi connectivity index (χ1) is 8.01. The summed E-state index contributed by atoms with van der Waals surface area (Å²) in [4.78, 5) is 14.4. The Balaban J connectivity index is 2.58. The SMILES string of the molecule is CC[C@@H](C)C(C)C(=O)N1CC(COC)C[C@H]1C. The summed E-state index contributed by atoms with van der Waals surface area (Å²) in [5.74, 6) is 1.45. The van der Waals surface area contributed by atoms with E-state index >= 15 is 0 Å². The monoisotopic (exact) mass is 241 g/mol. The van der Waals surface area contributed by atoms with Gasteiger partial charge in [-0.2, -0.15) is 0 Å². The van der Waals surface area contributed by atoms with Crippen LogP contribution in [0.2, 0.25) is 0 Å². The molecule has 1 aliphatic rings. The van der Waals surface area contributed by atoms with Crippen LogP contribution in [0.25, 0.3) is 0 Å². The summed E-state index contributed by atoms with van der Waals surface area (Å²) in [6, 6.07) is 0.370. The highest BCUT2D eigenvalue weighted by molar-refractivity contribution is 5.79. The molecule has 1 amide bonds. The van der Waals surface area contributed by atoms with Crippen LogP contribution in [-0.4, -0.2) is 37.1 Å². The molecular weight excluding hydrogens is 214 g/mol. The maximum Gasteiger partial charge on any atom is 0.225 e. The van der Waals surface area contributed by atoms with Crippen LogP contribution < -0.4 is 0 Å². The molecule has 0 bridgehead atoms. The van der Waals surface area contributed by atoms with Gasteiger partial charge < -0.3 is 9.64 Å². The summed E-state index contributed by atoms with van der Waals surface area (Å²) >= 11 is 0. The fraction of sp³-hybridized carbons (Fsp3) is 0.929. The number of amides is 1. The van der Waals surface area contributed by atoms with E-state index in [-0.39, 0.29) is 5.92 Å². The number of likely N-dealkylation sites (tertiary alicyclic amines) is 1. The van der Waals surface area contributed by atoms with Crippen LogP contribution in [0.5, 0.6) is 0 Å². The largest absolute Gasteiger partial charge is 0.384 e. The highest BCUT2D eigenvalue weighted by Crippen LogP contribution is 2.27. The summed E-state index contributed by atoms with van der Waals surface area (Å²) in [6.07, 6.45) is 2.14. The highest BCUT2D eigenvalue weighted by Gasteiger charge is 2.35. The predicted molar refractivity (Wildman–Crippen MR) is 69.8 cm³/mol. The molecule has 0 aromatic rings. The van der Waals surface area contributed by atoms with Crippen LogP contribution in [0, 0.1) is 17.8 Å². The minimum Gasteiger partial charge on any atom is -0.384 e. The predicted octanol–water partition coefficient (Wildman–Crippen LogP) is 2.55. The molecule has 1 aliphatic heterocycles. The molecular formula is C14H27NO2. The van der Waals surface area contributed by atoms with Crippen molar-refractivity contribution in [2.75, 3.05) is 20.3 Å². The lowest BCUT2D eigenvalue weighted by atomic mass is 9.92. The molecule has 2 unspecified atom stereocenters. The van der Waals surface area contributed by atoms with E-state index in [1.54, 1.807) is 7.11 Å². The summed E-state index contributed by atoms with van der Waals surface area (Å²) in [7, 11) is 1.73. The van der Waals surface area contributed by atoms with Crippen molar-refractivity contribution in [3.8, 4) is 0 Å². The molecule has 0 radical (unpaired) electrons. The van der Waals surface area contributed by atoms with Crippen LogP contribution in [0.4, 0.5) is 0 Å². The van der Waals surface area contributed by atoms with Gasteiger partial charge in [-0.15, -0.1) is 0 Å². The van der Waals surface area contributed by atoms with Crippen LogP contribution in [-0.2, 0) is 9.53 Å². The number of ether oxygens (including phenoxy) is 1. The molecule has 0 aromatic heterocycles. The zero-order valence-corrected chi connectivity index (χ0v) is 11.9. The maximum absolute atomic E-state index is 12.4. The molecule has 4 atom stereocenters. The summed E-state index contributed by atoms with van der Waals surface area (Å²) in [6.45, 7) is 10.2. The molecule has 1 rings (SSSR count). The van der Waals surface area contributed by atoms with Crippen molar-refractivity contribution in [3.63, 3.8) is 0 Å². The Kier molecular flexibility index (Phi) is 5.44. The van der Waals surface area contributed by atoms with E-state index in [0.29, 0.717) is 23.8 Å². The van der Waals surface area contributed by atoms with E-state index in [1.807, 2.05) is 0 Å². The second-order valence-corrected chi connectivity index (χ2v) is 5.57. The van der Waals surface area contributed by atoms with Gasteiger partial charge in [0.2, 0.25) is 5.91 Å². The van der Waals surface area contributed by atoms with Gasteiger partial charge in [0.25, 0.3) is 0 Å². The Morgan fingerprint density at radius 1 is 1.47 bits per heavy atom. The second-order valence-electron chi connectivity index (χ2n) is 5.57. The van der Waals surface area contributed by atoms with Crippen molar-refractivity contribution < 1.29 is 9.53 Å². The van der Waals surface area contributed by atoms with Gasteiger partial charge in [-0.1, -0.05) is 27.2 Å². The van der Waals surface area contributed by atoms with Gasteiger partial charge in [0.15, 0.2) is 0 Å². The summed E-state index contributed by atoms with van der Waals surface area (Å²) in [5.41, 5.74) is 0. The van der Waals surface area contributed by atoms with E-state index in [1.165, 1.54) is 0 Å². The molecule has 1 heterocycles. The Bertz CT molecular complexity index is 255. The summed E-state index contributed by atoms with van der Waals surface area (Å²) in [5, 5.41) is 0. The molecule has 0 spiro atoms. The molecule has 3 nitrogen and oxygen atoms in total. The number of methoxy groups -OCH3 is 1. The third kappa shape index (κ3) is 3.44. The Labute approximate surface area is 106 Å². The fourth-order valence-corrected chi connectivity index (χ4v) is 2.66. The second kappa shape index (κ2) is 6.39. The maximum atomic E-state index is 12.4. The fourth-order valence-electron chi connectivity index (χ4n) is 2.66. The average molecular weight is 241 g/mol. The Morgan fingerprint density at radius 2 is 2.12 bits per heavy atom. The minimum absolute atomic E-state index is 0.142. The first-order valence-electron chi connectivity index (χ1n) is 6.80. The van der Waals surface area contributed by atoms with E-state index in [0.717, 1.165) is 26.0 Å². The number of hydrogen-bond acceptors (Lipinski definition) is 2. The normalized spacial score (nSPS) is 28.2. The van der Waals surface area contributed by atoms with Gasteiger partial charge >= 0.3 is 0 Å². The van der Waals surface area contributed by atoms with Crippen LogP contribution in [0.1, 0.15) is 40.5 Å². The van der Waals surface area contributed by atoms with Gasteiger partial charge in [0.1, 0.15) is 0 Å². The van der Waals surface area contributed by atoms with Gasteiger partial charge in [0.05, 0.1) is 6.61 Å². The van der Waals surface area contributed by atoms with E-state index in [4.69, 9.17) is 4.74 Å². The molecule has 3 heteroatoms. The third-order valence-corrected chi connectivity index (χ3v) is 4.23. The molecule has 0 N–H and O–H groups in total. The molecule has 100 valence electrons. The van der Waals surface area contributed by atoms with Crippen molar-refractivity contribution in [1.82, 2.24) is 4.90 Å². The molecule has 1 saturated heterocycles. The smallest absolute Gasteiger partial charge is 0.225 e. The third-order valence-electron chi connectivity index (χ3n) is 4.23. The molecule has 0 aliphatic carbocycles. The number of carbonyl (C=O) groups is 1. The average Bonchev–Trinajstić information content (AvgIpc) is 2.68. The van der Waals surface area contributed by atoms with Crippen LogP contribution >= 0.6 is 0 Å². The van der Waals surface area contributed by atoms with Crippen molar-refractivity contribution in [2.45, 2.75) is 46.6 Å². The lowest BCUT2D eigenvalue weighted by molar-refractivity contribution is -0.137. The lowest BCUT2D eigenvalue weighted by Crippen LogP contribution is -2.39. The lowest BCUT2D eigenvalue weighted by Gasteiger charge is -2.27. The first-order valence-corrected chi connectivity index (χ1v) is 6.80.